The summed E-state index contributed by atoms with van der Waals surface area (Å²) in [4.78, 5) is 8.74. The molecule has 0 saturated carbocycles. The maximum Gasteiger partial charge on any atom is 0.110 e. The van der Waals surface area contributed by atoms with Gasteiger partial charge in [0.25, 0.3) is 0 Å². The Balaban J connectivity index is 1.73. The van der Waals surface area contributed by atoms with E-state index in [9.17, 15) is 0 Å². The lowest BCUT2D eigenvalue weighted by Crippen LogP contribution is -1.93. The van der Waals surface area contributed by atoms with Crippen molar-refractivity contribution in [3.63, 3.8) is 0 Å². The van der Waals surface area contributed by atoms with Crippen molar-refractivity contribution in [2.75, 3.05) is 0 Å². The quantitative estimate of drug-likeness (QED) is 0.675. The molecule has 3 rings (SSSR count). The summed E-state index contributed by atoms with van der Waals surface area (Å²) in [5, 5.41) is 0.789. The number of halogens is 1. The molecule has 21 heavy (non-hydrogen) atoms. The number of nitrogens with zero attached hydrogens (tertiary/aromatic N) is 1. The fraction of sp³-hybridized carbons (Fsp3) is 0.118. The number of thioether (sulfide) groups is 1. The Morgan fingerprint density at radius 1 is 1.10 bits per heavy atom. The van der Waals surface area contributed by atoms with Crippen LogP contribution in [-0.4, -0.2) is 9.97 Å². The van der Waals surface area contributed by atoms with Gasteiger partial charge in [-0.2, -0.15) is 0 Å². The first-order valence-corrected chi connectivity index (χ1v) is 8.11. The van der Waals surface area contributed by atoms with Crippen LogP contribution in [0.3, 0.4) is 0 Å². The molecule has 0 aliphatic heterocycles. The minimum atomic E-state index is 0.789. The smallest absolute Gasteiger partial charge is 0.110 e. The topological polar surface area (TPSA) is 28.7 Å². The molecule has 0 radical (unpaired) electrons. The van der Waals surface area contributed by atoms with Gasteiger partial charge >= 0.3 is 0 Å². The maximum absolute atomic E-state index is 6.03. The lowest BCUT2D eigenvalue weighted by atomic mass is 10.1. The van der Waals surface area contributed by atoms with Gasteiger partial charge in [0.1, 0.15) is 5.82 Å². The standard InChI is InChI=1S/C17H15ClN2S/c18-15-6-3-4-13(10-15)12-21-16-7-2-1-5-14(16)11-17-19-8-9-20-17/h1-10H,11-12H2,(H,19,20). The molecule has 0 bridgehead atoms. The number of hydrogen-bond donors (Lipinski definition) is 1. The fourth-order valence-corrected chi connectivity index (χ4v) is 3.37. The minimum Gasteiger partial charge on any atom is -0.348 e. The zero-order chi connectivity index (χ0) is 14.5. The van der Waals surface area contributed by atoms with Crippen molar-refractivity contribution in [2.45, 2.75) is 17.1 Å². The number of aromatic amines is 1. The second-order valence-electron chi connectivity index (χ2n) is 4.74. The molecule has 3 aromatic rings. The van der Waals surface area contributed by atoms with Crippen LogP contribution in [0.2, 0.25) is 5.02 Å². The second kappa shape index (κ2) is 6.83. The molecular formula is C17H15ClN2S. The average molecular weight is 315 g/mol. The molecule has 1 N–H and O–H groups in total. The molecule has 1 heterocycles. The molecular weight excluding hydrogens is 300 g/mol. The normalized spacial score (nSPS) is 10.7. The van der Waals surface area contributed by atoms with E-state index in [1.165, 1.54) is 16.0 Å². The van der Waals surface area contributed by atoms with Crippen molar-refractivity contribution in [1.29, 1.82) is 0 Å². The van der Waals surface area contributed by atoms with E-state index in [1.54, 1.807) is 6.20 Å². The number of imidazole rings is 1. The SMILES string of the molecule is Clc1cccc(CSc2ccccc2Cc2ncc[nH]2)c1. The van der Waals surface area contributed by atoms with Gasteiger partial charge in [0, 0.05) is 34.5 Å². The summed E-state index contributed by atoms with van der Waals surface area (Å²) in [6.45, 7) is 0. The van der Waals surface area contributed by atoms with E-state index in [1.807, 2.05) is 36.2 Å². The van der Waals surface area contributed by atoms with E-state index >= 15 is 0 Å². The molecule has 1 aromatic heterocycles. The van der Waals surface area contributed by atoms with E-state index < -0.39 is 0 Å². The molecule has 0 amide bonds. The Hall–Kier alpha value is -1.71. The van der Waals surface area contributed by atoms with Gasteiger partial charge in [-0.25, -0.2) is 4.98 Å². The molecule has 0 spiro atoms. The summed E-state index contributed by atoms with van der Waals surface area (Å²) in [6, 6.07) is 16.5. The van der Waals surface area contributed by atoms with Crippen LogP contribution in [0.25, 0.3) is 0 Å². The molecule has 0 atom stereocenters. The Labute approximate surface area is 133 Å². The number of hydrogen-bond acceptors (Lipinski definition) is 2. The summed E-state index contributed by atoms with van der Waals surface area (Å²) in [6.07, 6.45) is 4.47. The van der Waals surface area contributed by atoms with Crippen LogP contribution >= 0.6 is 23.4 Å². The highest BCUT2D eigenvalue weighted by Crippen LogP contribution is 2.28. The molecule has 106 valence electrons. The number of benzene rings is 2. The minimum absolute atomic E-state index is 0.789. The van der Waals surface area contributed by atoms with Crippen molar-refractivity contribution in [2.24, 2.45) is 0 Å². The van der Waals surface area contributed by atoms with Gasteiger partial charge in [0.2, 0.25) is 0 Å². The lowest BCUT2D eigenvalue weighted by molar-refractivity contribution is 1.00. The van der Waals surface area contributed by atoms with Crippen molar-refractivity contribution in [3.05, 3.63) is 82.9 Å². The molecule has 0 aliphatic carbocycles. The highest BCUT2D eigenvalue weighted by atomic mass is 35.5. The molecule has 2 aromatic carbocycles. The summed E-state index contributed by atoms with van der Waals surface area (Å²) in [5.74, 6) is 1.90. The summed E-state index contributed by atoms with van der Waals surface area (Å²) in [5.41, 5.74) is 2.53. The van der Waals surface area contributed by atoms with Crippen molar-refractivity contribution >= 4 is 23.4 Å². The third kappa shape index (κ3) is 3.90. The number of H-pyrrole nitrogens is 1. The third-order valence-corrected chi connectivity index (χ3v) is 4.59. The first-order chi connectivity index (χ1) is 10.3. The summed E-state index contributed by atoms with van der Waals surface area (Å²) in [7, 11) is 0. The monoisotopic (exact) mass is 314 g/mol. The number of aromatic nitrogens is 2. The van der Waals surface area contributed by atoms with Crippen LogP contribution < -0.4 is 0 Å². The molecule has 0 aliphatic rings. The molecule has 4 heteroatoms. The Morgan fingerprint density at radius 3 is 2.81 bits per heavy atom. The largest absolute Gasteiger partial charge is 0.348 e. The van der Waals surface area contributed by atoms with Gasteiger partial charge < -0.3 is 4.98 Å². The zero-order valence-electron chi connectivity index (χ0n) is 11.4. The van der Waals surface area contributed by atoms with Crippen LogP contribution in [0, 0.1) is 0 Å². The van der Waals surface area contributed by atoms with Crippen molar-refractivity contribution in [3.8, 4) is 0 Å². The van der Waals surface area contributed by atoms with Crippen LogP contribution in [0.1, 0.15) is 17.0 Å². The lowest BCUT2D eigenvalue weighted by Gasteiger charge is -2.08. The summed E-state index contributed by atoms with van der Waals surface area (Å²) >= 11 is 7.86. The molecule has 0 fully saturated rings. The predicted octanol–water partition coefficient (Wildman–Crippen LogP) is 4.95. The Bertz CT molecular complexity index is 710. The van der Waals surface area contributed by atoms with E-state index in [4.69, 9.17) is 11.6 Å². The van der Waals surface area contributed by atoms with Gasteiger partial charge in [0.05, 0.1) is 0 Å². The number of nitrogens with one attached hydrogen (secondary N) is 1. The Kier molecular flexibility index (Phi) is 4.63. The summed E-state index contributed by atoms with van der Waals surface area (Å²) < 4.78 is 0. The molecule has 2 nitrogen and oxygen atoms in total. The number of rotatable bonds is 5. The first-order valence-electron chi connectivity index (χ1n) is 6.74. The molecule has 0 unspecified atom stereocenters. The van der Waals surface area contributed by atoms with Gasteiger partial charge in [-0.1, -0.05) is 41.9 Å². The third-order valence-electron chi connectivity index (χ3n) is 3.17. The first kappa shape index (κ1) is 14.2. The van der Waals surface area contributed by atoms with Crippen LogP contribution in [0.5, 0.6) is 0 Å². The maximum atomic E-state index is 6.03. The van der Waals surface area contributed by atoms with Crippen LogP contribution in [0.15, 0.2) is 65.8 Å². The van der Waals surface area contributed by atoms with E-state index in [0.29, 0.717) is 0 Å². The van der Waals surface area contributed by atoms with Gasteiger partial charge in [-0.3, -0.25) is 0 Å². The fourth-order valence-electron chi connectivity index (χ4n) is 2.15. The average Bonchev–Trinajstić information content (AvgIpc) is 2.99. The van der Waals surface area contributed by atoms with Crippen LogP contribution in [-0.2, 0) is 12.2 Å². The van der Waals surface area contributed by atoms with Crippen molar-refractivity contribution < 1.29 is 0 Å². The van der Waals surface area contributed by atoms with E-state index in [-0.39, 0.29) is 0 Å². The highest BCUT2D eigenvalue weighted by molar-refractivity contribution is 7.98. The van der Waals surface area contributed by atoms with E-state index in [0.717, 1.165) is 23.0 Å². The van der Waals surface area contributed by atoms with Crippen molar-refractivity contribution in [1.82, 2.24) is 9.97 Å². The zero-order valence-corrected chi connectivity index (χ0v) is 13.0. The predicted molar refractivity (Wildman–Crippen MR) is 88.8 cm³/mol. The van der Waals surface area contributed by atoms with E-state index in [2.05, 4.69) is 40.3 Å². The van der Waals surface area contributed by atoms with Crippen LogP contribution in [0.4, 0.5) is 0 Å². The van der Waals surface area contributed by atoms with Gasteiger partial charge in [-0.05, 0) is 29.3 Å². The Morgan fingerprint density at radius 2 is 2.00 bits per heavy atom. The molecule has 0 saturated heterocycles. The second-order valence-corrected chi connectivity index (χ2v) is 6.19. The van der Waals surface area contributed by atoms with Gasteiger partial charge in [-0.15, -0.1) is 11.8 Å². The highest BCUT2D eigenvalue weighted by Gasteiger charge is 2.05. The van der Waals surface area contributed by atoms with Gasteiger partial charge in [0.15, 0.2) is 0 Å².